The summed E-state index contributed by atoms with van der Waals surface area (Å²) in [5.74, 6) is 0.581. The van der Waals surface area contributed by atoms with Crippen molar-refractivity contribution in [2.45, 2.75) is 18.7 Å². The average Bonchev–Trinajstić information content (AvgIpc) is 2.80. The lowest BCUT2D eigenvalue weighted by Crippen LogP contribution is -2.05. The van der Waals surface area contributed by atoms with E-state index in [1.54, 1.807) is 35.2 Å². The summed E-state index contributed by atoms with van der Waals surface area (Å²) in [5, 5.41) is 2.66. The van der Waals surface area contributed by atoms with Crippen molar-refractivity contribution in [2.75, 3.05) is 6.26 Å². The van der Waals surface area contributed by atoms with Crippen molar-refractivity contribution in [3.63, 3.8) is 0 Å². The van der Waals surface area contributed by atoms with Crippen LogP contribution in [0.15, 0.2) is 40.0 Å². The average molecular weight is 277 g/mol. The Labute approximate surface area is 113 Å². The van der Waals surface area contributed by atoms with E-state index >= 15 is 0 Å². The van der Waals surface area contributed by atoms with Crippen molar-refractivity contribution in [1.82, 2.24) is 14.8 Å². The summed E-state index contributed by atoms with van der Waals surface area (Å²) in [6.07, 6.45) is 3.52. The summed E-state index contributed by atoms with van der Waals surface area (Å²) in [6, 6.07) is 7.17. The van der Waals surface area contributed by atoms with Gasteiger partial charge < -0.3 is 0 Å². The predicted molar refractivity (Wildman–Crippen MR) is 75.8 cm³/mol. The number of hydrogen-bond acceptors (Lipinski definition) is 3. The van der Waals surface area contributed by atoms with Gasteiger partial charge in [0.15, 0.2) is 5.82 Å². The summed E-state index contributed by atoms with van der Waals surface area (Å²) in [7, 11) is -1.01. The summed E-state index contributed by atoms with van der Waals surface area (Å²) in [4.78, 5) is 16.1. The van der Waals surface area contributed by atoms with Gasteiger partial charge in [-0.1, -0.05) is 6.08 Å². The molecule has 0 bridgehead atoms. The van der Waals surface area contributed by atoms with Gasteiger partial charge in [-0.15, -0.1) is 0 Å². The van der Waals surface area contributed by atoms with Crippen LogP contribution in [0.25, 0.3) is 11.3 Å². The van der Waals surface area contributed by atoms with Crippen LogP contribution in [0.5, 0.6) is 0 Å². The minimum absolute atomic E-state index is 0.389. The van der Waals surface area contributed by atoms with Crippen molar-refractivity contribution < 1.29 is 4.21 Å². The Bertz CT molecular complexity index is 695. The van der Waals surface area contributed by atoms with Gasteiger partial charge in [-0.05, 0) is 43.7 Å². The van der Waals surface area contributed by atoms with Gasteiger partial charge in [-0.2, -0.15) is 4.98 Å². The number of H-pyrrole nitrogens is 1. The topological polar surface area (TPSA) is 67.8 Å². The highest BCUT2D eigenvalue weighted by Crippen LogP contribution is 2.16. The number of nitrogens with zero attached hydrogens (tertiary/aromatic N) is 2. The molecule has 2 rings (SSSR count). The van der Waals surface area contributed by atoms with Gasteiger partial charge in [0.1, 0.15) is 0 Å². The van der Waals surface area contributed by atoms with Crippen molar-refractivity contribution in [3.8, 4) is 5.69 Å². The fourth-order valence-corrected chi connectivity index (χ4v) is 2.21. The van der Waals surface area contributed by atoms with Crippen LogP contribution in [0.1, 0.15) is 19.7 Å². The van der Waals surface area contributed by atoms with Crippen LogP contribution in [0.4, 0.5) is 0 Å². The molecular formula is C13H15N3O2S. The molecule has 0 saturated carbocycles. The molecule has 1 N–H and O–H groups in total. The first kappa shape index (κ1) is 13.5. The first-order valence-corrected chi connectivity index (χ1v) is 7.35. The molecule has 5 nitrogen and oxygen atoms in total. The first-order chi connectivity index (χ1) is 9.02. The van der Waals surface area contributed by atoms with Crippen molar-refractivity contribution in [2.24, 2.45) is 0 Å². The molecular weight excluding hydrogens is 262 g/mol. The highest BCUT2D eigenvalue weighted by Gasteiger charge is 2.09. The van der Waals surface area contributed by atoms with Crippen molar-refractivity contribution in [1.29, 1.82) is 0 Å². The molecule has 0 fully saturated rings. The van der Waals surface area contributed by atoms with Crippen molar-refractivity contribution >= 4 is 16.4 Å². The summed E-state index contributed by atoms with van der Waals surface area (Å²) < 4.78 is 13.0. The first-order valence-electron chi connectivity index (χ1n) is 5.79. The van der Waals surface area contributed by atoms with Gasteiger partial charge in [0, 0.05) is 22.0 Å². The van der Waals surface area contributed by atoms with Gasteiger partial charge in [0.25, 0.3) is 0 Å². The zero-order chi connectivity index (χ0) is 14.0. The molecule has 0 aliphatic carbocycles. The summed E-state index contributed by atoms with van der Waals surface area (Å²) in [6.45, 7) is 3.78. The van der Waals surface area contributed by atoms with E-state index in [-0.39, 0.29) is 5.69 Å². The molecule has 1 heterocycles. The third kappa shape index (κ3) is 2.73. The Morgan fingerprint density at radius 1 is 1.37 bits per heavy atom. The fourth-order valence-electron chi connectivity index (χ4n) is 1.69. The molecule has 6 heteroatoms. The number of aromatic amines is 1. The molecule has 1 atom stereocenters. The lowest BCUT2D eigenvalue weighted by atomic mass is 10.2. The number of rotatable bonds is 3. The molecule has 0 spiro atoms. The molecule has 0 amide bonds. The molecule has 1 unspecified atom stereocenters. The largest absolute Gasteiger partial charge is 0.362 e. The van der Waals surface area contributed by atoms with Crippen LogP contribution in [-0.4, -0.2) is 25.2 Å². The monoisotopic (exact) mass is 277 g/mol. The smallest absolute Gasteiger partial charge is 0.255 e. The summed E-state index contributed by atoms with van der Waals surface area (Å²) in [5.41, 5.74) is 1.29. The van der Waals surface area contributed by atoms with Crippen LogP contribution in [0.2, 0.25) is 0 Å². The van der Waals surface area contributed by atoms with E-state index in [9.17, 15) is 9.00 Å². The summed E-state index contributed by atoms with van der Waals surface area (Å²) >= 11 is 0. The Morgan fingerprint density at radius 2 is 2.00 bits per heavy atom. The molecule has 100 valence electrons. The van der Waals surface area contributed by atoms with E-state index in [4.69, 9.17) is 0 Å². The number of allylic oxidation sites excluding steroid dienone is 2. The maximum absolute atomic E-state index is 11.4. The molecule has 19 heavy (non-hydrogen) atoms. The Hall–Kier alpha value is -1.95. The van der Waals surface area contributed by atoms with Gasteiger partial charge in [-0.3, -0.25) is 4.21 Å². The standard InChI is InChI=1S/C13H15N3O2S/c1-4-9(2)12-14-13(17)15-16(12)10-5-7-11(8-6-10)19(3)18/h4-8H,1-3H3,(H,15,17)/b9-4+. The number of nitrogens with one attached hydrogen (secondary N) is 1. The number of benzene rings is 1. The number of aromatic nitrogens is 3. The quantitative estimate of drug-likeness (QED) is 0.929. The Morgan fingerprint density at radius 3 is 2.53 bits per heavy atom. The van der Waals surface area contributed by atoms with E-state index in [0.29, 0.717) is 5.82 Å². The highest BCUT2D eigenvalue weighted by molar-refractivity contribution is 7.84. The zero-order valence-electron chi connectivity index (χ0n) is 11.0. The Balaban J connectivity index is 2.53. The predicted octanol–water partition coefficient (Wildman–Crippen LogP) is 1.72. The lowest BCUT2D eigenvalue weighted by Gasteiger charge is -2.07. The molecule has 0 aliphatic rings. The van der Waals surface area contributed by atoms with Crippen LogP contribution in [0, 0.1) is 0 Å². The Kier molecular flexibility index (Phi) is 3.80. The van der Waals surface area contributed by atoms with Gasteiger partial charge >= 0.3 is 5.69 Å². The fraction of sp³-hybridized carbons (Fsp3) is 0.231. The zero-order valence-corrected chi connectivity index (χ0v) is 11.8. The second-order valence-corrected chi connectivity index (χ2v) is 5.49. The molecule has 0 aliphatic heterocycles. The molecule has 2 aromatic rings. The molecule has 0 saturated heterocycles. The van der Waals surface area contributed by atoms with E-state index in [1.807, 2.05) is 19.9 Å². The van der Waals surface area contributed by atoms with Crippen LogP contribution < -0.4 is 5.69 Å². The second kappa shape index (κ2) is 5.36. The molecule has 1 aromatic carbocycles. The van der Waals surface area contributed by atoms with Crippen LogP contribution in [0.3, 0.4) is 0 Å². The SMILES string of the molecule is C/C=C(\C)c1nc(=O)[nH]n1-c1ccc(S(C)=O)cc1. The second-order valence-electron chi connectivity index (χ2n) is 4.11. The number of hydrogen-bond donors (Lipinski definition) is 1. The lowest BCUT2D eigenvalue weighted by molar-refractivity contribution is 0.686. The minimum atomic E-state index is -1.01. The maximum atomic E-state index is 11.4. The molecule has 0 radical (unpaired) electrons. The van der Waals surface area contributed by atoms with E-state index in [0.717, 1.165) is 16.2 Å². The van der Waals surface area contributed by atoms with Crippen LogP contribution in [-0.2, 0) is 10.8 Å². The third-order valence-corrected chi connectivity index (χ3v) is 3.78. The highest BCUT2D eigenvalue weighted by atomic mass is 32.2. The maximum Gasteiger partial charge on any atom is 0.362 e. The van der Waals surface area contributed by atoms with Gasteiger partial charge in [-0.25, -0.2) is 14.6 Å². The third-order valence-electron chi connectivity index (χ3n) is 2.84. The van der Waals surface area contributed by atoms with E-state index < -0.39 is 10.8 Å². The van der Waals surface area contributed by atoms with E-state index in [2.05, 4.69) is 10.1 Å². The van der Waals surface area contributed by atoms with Gasteiger partial charge in [0.05, 0.1) is 5.69 Å². The van der Waals surface area contributed by atoms with E-state index in [1.165, 1.54) is 0 Å². The van der Waals surface area contributed by atoms with Crippen LogP contribution >= 0.6 is 0 Å². The normalized spacial score (nSPS) is 13.5. The van der Waals surface area contributed by atoms with Crippen molar-refractivity contribution in [3.05, 3.63) is 46.7 Å². The minimum Gasteiger partial charge on any atom is -0.255 e. The van der Waals surface area contributed by atoms with Gasteiger partial charge in [0.2, 0.25) is 0 Å². The molecule has 1 aromatic heterocycles.